The molecule has 1 unspecified atom stereocenters. The van der Waals surface area contributed by atoms with Crippen molar-refractivity contribution in [2.24, 2.45) is 5.92 Å². The molecule has 0 saturated carbocycles. The summed E-state index contributed by atoms with van der Waals surface area (Å²) in [5.74, 6) is -0.813. The topological polar surface area (TPSA) is 95.9 Å². The van der Waals surface area contributed by atoms with Crippen LogP contribution in [-0.4, -0.2) is 53.5 Å². The highest BCUT2D eigenvalue weighted by molar-refractivity contribution is 5.85. The van der Waals surface area contributed by atoms with E-state index in [0.717, 1.165) is 5.75 Å². The van der Waals surface area contributed by atoms with E-state index in [4.69, 9.17) is 9.84 Å². The van der Waals surface area contributed by atoms with Gasteiger partial charge in [-0.1, -0.05) is 18.2 Å². The number of hydrogen-bond acceptors (Lipinski definition) is 4. The van der Waals surface area contributed by atoms with Crippen molar-refractivity contribution in [3.8, 4) is 5.75 Å². The number of carboxylic acids is 1. The third-order valence-electron chi connectivity index (χ3n) is 4.28. The smallest absolute Gasteiger partial charge is 0.325 e. The lowest BCUT2D eigenvalue weighted by Crippen LogP contribution is -2.46. The van der Waals surface area contributed by atoms with Gasteiger partial charge in [0.25, 0.3) is 0 Å². The first-order valence-electron chi connectivity index (χ1n) is 8.46. The Kier molecular flexibility index (Phi) is 6.80. The second-order valence-corrected chi connectivity index (χ2v) is 6.14. The van der Waals surface area contributed by atoms with Crippen LogP contribution < -0.4 is 10.1 Å². The number of carbonyl (C=O) groups is 3. The van der Waals surface area contributed by atoms with Crippen molar-refractivity contribution in [2.75, 3.05) is 19.7 Å². The molecule has 2 amide bonds. The largest absolute Gasteiger partial charge is 0.493 e. The maximum Gasteiger partial charge on any atom is 0.325 e. The quantitative estimate of drug-likeness (QED) is 0.774. The lowest BCUT2D eigenvalue weighted by Gasteiger charge is -2.31. The maximum atomic E-state index is 12.2. The highest BCUT2D eigenvalue weighted by Crippen LogP contribution is 2.18. The Morgan fingerprint density at radius 1 is 1.24 bits per heavy atom. The van der Waals surface area contributed by atoms with Gasteiger partial charge < -0.3 is 20.1 Å². The molecule has 0 aromatic heterocycles. The van der Waals surface area contributed by atoms with Crippen LogP contribution in [0.25, 0.3) is 0 Å². The Hall–Kier alpha value is -2.57. The number of nitrogens with zero attached hydrogens (tertiary/aromatic N) is 1. The van der Waals surface area contributed by atoms with Crippen molar-refractivity contribution in [3.63, 3.8) is 0 Å². The molecular formula is C18H24N2O5. The summed E-state index contributed by atoms with van der Waals surface area (Å²) in [6.07, 6.45) is 1.38. The third kappa shape index (κ3) is 5.77. The zero-order valence-corrected chi connectivity index (χ0v) is 14.3. The predicted octanol–water partition coefficient (Wildman–Crippen LogP) is 1.28. The summed E-state index contributed by atoms with van der Waals surface area (Å²) in [5, 5.41) is 11.3. The molecule has 0 bridgehead atoms. The monoisotopic (exact) mass is 348 g/mol. The van der Waals surface area contributed by atoms with Gasteiger partial charge in [0, 0.05) is 19.0 Å². The van der Waals surface area contributed by atoms with Gasteiger partial charge in [0.2, 0.25) is 11.8 Å². The lowest BCUT2D eigenvalue weighted by atomic mass is 9.95. The minimum atomic E-state index is -1.06. The van der Waals surface area contributed by atoms with Gasteiger partial charge in [-0.25, -0.2) is 0 Å². The van der Waals surface area contributed by atoms with Gasteiger partial charge in [-0.05, 0) is 31.9 Å². The number of piperidine rings is 1. The summed E-state index contributed by atoms with van der Waals surface area (Å²) in [6.45, 7) is 2.76. The average Bonchev–Trinajstić information content (AvgIpc) is 2.62. The van der Waals surface area contributed by atoms with E-state index in [1.807, 2.05) is 30.3 Å². The zero-order chi connectivity index (χ0) is 18.2. The van der Waals surface area contributed by atoms with Crippen LogP contribution >= 0.6 is 0 Å². The van der Waals surface area contributed by atoms with Crippen LogP contribution in [0, 0.1) is 5.92 Å². The Morgan fingerprint density at radius 3 is 2.48 bits per heavy atom. The SMILES string of the molecule is CC(NC(=O)C1CCN(C(=O)CCOc2ccccc2)CC1)C(=O)O. The van der Waals surface area contributed by atoms with Gasteiger partial charge in [0.1, 0.15) is 11.8 Å². The number of carboxylic acid groups (broad SMARTS) is 1. The van der Waals surface area contributed by atoms with Crippen LogP contribution in [0.3, 0.4) is 0 Å². The van der Waals surface area contributed by atoms with Crippen molar-refractivity contribution in [1.82, 2.24) is 10.2 Å². The number of rotatable bonds is 7. The highest BCUT2D eigenvalue weighted by Gasteiger charge is 2.28. The molecule has 25 heavy (non-hydrogen) atoms. The summed E-state index contributed by atoms with van der Waals surface area (Å²) < 4.78 is 5.53. The minimum Gasteiger partial charge on any atom is -0.493 e. The number of aliphatic carboxylic acids is 1. The molecule has 0 spiro atoms. The molecule has 2 N–H and O–H groups in total. The molecule has 1 fully saturated rings. The molecule has 2 rings (SSSR count). The molecule has 1 atom stereocenters. The van der Waals surface area contributed by atoms with Gasteiger partial charge in [-0.3, -0.25) is 14.4 Å². The summed E-state index contributed by atoms with van der Waals surface area (Å²) in [4.78, 5) is 36.7. The van der Waals surface area contributed by atoms with Gasteiger partial charge in [-0.15, -0.1) is 0 Å². The number of carbonyl (C=O) groups excluding carboxylic acids is 2. The number of hydrogen-bond donors (Lipinski definition) is 2. The number of ether oxygens (including phenoxy) is 1. The van der Waals surface area contributed by atoms with E-state index in [-0.39, 0.29) is 17.7 Å². The summed E-state index contributed by atoms with van der Waals surface area (Å²) in [6, 6.07) is 8.42. The fraction of sp³-hybridized carbons (Fsp3) is 0.500. The van der Waals surface area contributed by atoms with Crippen molar-refractivity contribution in [2.45, 2.75) is 32.2 Å². The second kappa shape index (κ2) is 9.05. The minimum absolute atomic E-state index is 0.00805. The first kappa shape index (κ1) is 18.8. The number of nitrogens with one attached hydrogen (secondary N) is 1. The van der Waals surface area contributed by atoms with Gasteiger partial charge in [0.15, 0.2) is 0 Å². The van der Waals surface area contributed by atoms with E-state index in [1.165, 1.54) is 6.92 Å². The molecule has 0 radical (unpaired) electrons. The van der Waals surface area contributed by atoms with E-state index in [1.54, 1.807) is 4.90 Å². The molecule has 1 aromatic carbocycles. The predicted molar refractivity (Wildman–Crippen MR) is 91.1 cm³/mol. The average molecular weight is 348 g/mol. The molecule has 1 heterocycles. The Morgan fingerprint density at radius 2 is 1.88 bits per heavy atom. The molecule has 7 nitrogen and oxygen atoms in total. The molecule has 1 aliphatic heterocycles. The fourth-order valence-corrected chi connectivity index (χ4v) is 2.72. The first-order chi connectivity index (χ1) is 12.0. The second-order valence-electron chi connectivity index (χ2n) is 6.14. The van der Waals surface area contributed by atoms with E-state index in [0.29, 0.717) is 39.0 Å². The van der Waals surface area contributed by atoms with Crippen LogP contribution in [0.15, 0.2) is 30.3 Å². The molecule has 136 valence electrons. The summed E-state index contributed by atoms with van der Waals surface area (Å²) in [7, 11) is 0. The van der Waals surface area contributed by atoms with E-state index in [2.05, 4.69) is 5.32 Å². The summed E-state index contributed by atoms with van der Waals surface area (Å²) in [5.41, 5.74) is 0. The number of benzene rings is 1. The van der Waals surface area contributed by atoms with Gasteiger partial charge in [0.05, 0.1) is 13.0 Å². The van der Waals surface area contributed by atoms with Gasteiger partial charge >= 0.3 is 5.97 Å². The number of amides is 2. The Balaban J connectivity index is 1.69. The van der Waals surface area contributed by atoms with E-state index >= 15 is 0 Å². The molecule has 1 saturated heterocycles. The van der Waals surface area contributed by atoms with Crippen LogP contribution in [0.1, 0.15) is 26.2 Å². The van der Waals surface area contributed by atoms with Crippen LogP contribution in [-0.2, 0) is 14.4 Å². The summed E-state index contributed by atoms with van der Waals surface area (Å²) >= 11 is 0. The van der Waals surface area contributed by atoms with Crippen molar-refractivity contribution < 1.29 is 24.2 Å². The normalized spacial score (nSPS) is 16.1. The van der Waals surface area contributed by atoms with Crippen LogP contribution in [0.5, 0.6) is 5.75 Å². The molecular weight excluding hydrogens is 324 g/mol. The van der Waals surface area contributed by atoms with Crippen LogP contribution in [0.2, 0.25) is 0 Å². The van der Waals surface area contributed by atoms with Crippen molar-refractivity contribution in [3.05, 3.63) is 30.3 Å². The Labute approximate surface area is 147 Å². The van der Waals surface area contributed by atoms with E-state index < -0.39 is 12.0 Å². The van der Waals surface area contributed by atoms with Crippen molar-refractivity contribution in [1.29, 1.82) is 0 Å². The van der Waals surface area contributed by atoms with Crippen LogP contribution in [0.4, 0.5) is 0 Å². The number of para-hydroxylation sites is 1. The first-order valence-corrected chi connectivity index (χ1v) is 8.46. The van der Waals surface area contributed by atoms with E-state index in [9.17, 15) is 14.4 Å². The Bertz CT molecular complexity index is 597. The molecule has 0 aliphatic carbocycles. The molecule has 1 aliphatic rings. The standard InChI is InChI=1S/C18H24N2O5/c1-13(18(23)24)19-17(22)14-7-10-20(11-8-14)16(21)9-12-25-15-5-3-2-4-6-15/h2-6,13-14H,7-12H2,1H3,(H,19,22)(H,23,24). The zero-order valence-electron chi connectivity index (χ0n) is 14.3. The molecule has 7 heteroatoms. The fourth-order valence-electron chi connectivity index (χ4n) is 2.72. The third-order valence-corrected chi connectivity index (χ3v) is 4.28. The maximum absolute atomic E-state index is 12.2. The number of likely N-dealkylation sites (tertiary alicyclic amines) is 1. The highest BCUT2D eigenvalue weighted by atomic mass is 16.5. The lowest BCUT2D eigenvalue weighted by molar-refractivity contribution is -0.142. The van der Waals surface area contributed by atoms with Crippen molar-refractivity contribution >= 4 is 17.8 Å². The molecule has 1 aromatic rings. The van der Waals surface area contributed by atoms with Gasteiger partial charge in [-0.2, -0.15) is 0 Å².